The van der Waals surface area contributed by atoms with Crippen LogP contribution in [0.5, 0.6) is 0 Å². The minimum atomic E-state index is -0.0728. The van der Waals surface area contributed by atoms with E-state index in [1.165, 1.54) is 32.2 Å². The van der Waals surface area contributed by atoms with E-state index < -0.39 is 0 Å². The lowest BCUT2D eigenvalue weighted by atomic mass is 9.94. The van der Waals surface area contributed by atoms with E-state index in [-0.39, 0.29) is 5.91 Å². The number of carbonyl (C=O) groups is 1. The van der Waals surface area contributed by atoms with Crippen molar-refractivity contribution in [2.75, 3.05) is 26.7 Å². The van der Waals surface area contributed by atoms with E-state index in [2.05, 4.69) is 17.3 Å². The molecule has 1 saturated heterocycles. The van der Waals surface area contributed by atoms with Crippen molar-refractivity contribution in [3.8, 4) is 0 Å². The largest absolute Gasteiger partial charge is 0.467 e. The van der Waals surface area contributed by atoms with Crippen LogP contribution in [-0.2, 0) is 6.54 Å². The van der Waals surface area contributed by atoms with Crippen molar-refractivity contribution in [1.82, 2.24) is 10.2 Å². The first kappa shape index (κ1) is 14.1. The first-order valence-corrected chi connectivity index (χ1v) is 6.93. The standard InChI is InChI=1S/C14H23N3O2/c1-17-6-3-11(4-7-17)2-5-16-14(18)12-8-13(9-15)19-10-12/h8,10-11H,2-7,9,15H2,1H3,(H,16,18). The Labute approximate surface area is 114 Å². The van der Waals surface area contributed by atoms with Crippen molar-refractivity contribution < 1.29 is 9.21 Å². The minimum Gasteiger partial charge on any atom is -0.467 e. The molecule has 1 amide bonds. The van der Waals surface area contributed by atoms with Crippen LogP contribution >= 0.6 is 0 Å². The Kier molecular flexibility index (Phi) is 4.99. The second kappa shape index (κ2) is 6.73. The lowest BCUT2D eigenvalue weighted by Gasteiger charge is -2.28. The average molecular weight is 265 g/mol. The summed E-state index contributed by atoms with van der Waals surface area (Å²) in [7, 11) is 2.16. The maximum Gasteiger partial charge on any atom is 0.254 e. The summed E-state index contributed by atoms with van der Waals surface area (Å²) in [5.41, 5.74) is 6.00. The molecule has 1 aliphatic rings. The Hall–Kier alpha value is -1.33. The quantitative estimate of drug-likeness (QED) is 0.839. The van der Waals surface area contributed by atoms with Gasteiger partial charge < -0.3 is 20.4 Å². The third-order valence-corrected chi connectivity index (χ3v) is 3.79. The zero-order valence-corrected chi connectivity index (χ0v) is 11.5. The molecule has 1 aromatic heterocycles. The molecule has 3 N–H and O–H groups in total. The summed E-state index contributed by atoms with van der Waals surface area (Å²) in [4.78, 5) is 14.2. The summed E-state index contributed by atoms with van der Waals surface area (Å²) in [6.07, 6.45) is 4.99. The second-order valence-corrected chi connectivity index (χ2v) is 5.30. The molecule has 1 fully saturated rings. The molecule has 0 aromatic carbocycles. The van der Waals surface area contributed by atoms with Crippen molar-refractivity contribution in [2.24, 2.45) is 11.7 Å². The molecule has 2 rings (SSSR count). The maximum atomic E-state index is 11.8. The summed E-state index contributed by atoms with van der Waals surface area (Å²) in [6, 6.07) is 1.70. The maximum absolute atomic E-state index is 11.8. The number of piperidine rings is 1. The van der Waals surface area contributed by atoms with Crippen LogP contribution in [0, 0.1) is 5.92 Å². The van der Waals surface area contributed by atoms with Gasteiger partial charge in [0.1, 0.15) is 12.0 Å². The van der Waals surface area contributed by atoms with E-state index in [0.717, 1.165) is 18.9 Å². The van der Waals surface area contributed by atoms with Crippen molar-refractivity contribution in [3.05, 3.63) is 23.7 Å². The summed E-state index contributed by atoms with van der Waals surface area (Å²) in [6.45, 7) is 3.39. The molecule has 106 valence electrons. The number of nitrogens with one attached hydrogen (secondary N) is 1. The highest BCUT2D eigenvalue weighted by atomic mass is 16.3. The van der Waals surface area contributed by atoms with Gasteiger partial charge in [0, 0.05) is 6.54 Å². The molecule has 0 bridgehead atoms. The van der Waals surface area contributed by atoms with Crippen molar-refractivity contribution in [2.45, 2.75) is 25.8 Å². The minimum absolute atomic E-state index is 0.0728. The van der Waals surface area contributed by atoms with Gasteiger partial charge in [-0.3, -0.25) is 4.79 Å². The highest BCUT2D eigenvalue weighted by molar-refractivity contribution is 5.93. The van der Waals surface area contributed by atoms with E-state index in [4.69, 9.17) is 10.2 Å². The molecule has 0 unspecified atom stereocenters. The molecule has 0 radical (unpaired) electrons. The van der Waals surface area contributed by atoms with E-state index in [9.17, 15) is 4.79 Å². The molecular formula is C14H23N3O2. The Morgan fingerprint density at radius 1 is 1.53 bits per heavy atom. The number of nitrogens with two attached hydrogens (primary N) is 1. The molecule has 0 spiro atoms. The van der Waals surface area contributed by atoms with Gasteiger partial charge in [-0.2, -0.15) is 0 Å². The first-order chi connectivity index (χ1) is 9.19. The zero-order chi connectivity index (χ0) is 13.7. The monoisotopic (exact) mass is 265 g/mol. The van der Waals surface area contributed by atoms with Gasteiger partial charge in [0.2, 0.25) is 0 Å². The number of furan rings is 1. The first-order valence-electron chi connectivity index (χ1n) is 6.93. The van der Waals surface area contributed by atoms with Gasteiger partial charge in [-0.1, -0.05) is 0 Å². The van der Waals surface area contributed by atoms with Crippen LogP contribution in [0.2, 0.25) is 0 Å². The number of nitrogens with zero attached hydrogens (tertiary/aromatic N) is 1. The summed E-state index contributed by atoms with van der Waals surface area (Å²) in [5.74, 6) is 1.30. The molecule has 1 aliphatic heterocycles. The molecule has 19 heavy (non-hydrogen) atoms. The SMILES string of the molecule is CN1CCC(CCNC(=O)c2coc(CN)c2)CC1. The van der Waals surface area contributed by atoms with E-state index in [0.29, 0.717) is 17.9 Å². The van der Waals surface area contributed by atoms with Crippen LogP contribution in [-0.4, -0.2) is 37.5 Å². The zero-order valence-electron chi connectivity index (χ0n) is 11.5. The van der Waals surface area contributed by atoms with Crippen LogP contribution in [0.25, 0.3) is 0 Å². The molecule has 0 saturated carbocycles. The Balaban J connectivity index is 1.69. The Morgan fingerprint density at radius 3 is 2.89 bits per heavy atom. The topological polar surface area (TPSA) is 71.5 Å². The molecule has 5 heteroatoms. The van der Waals surface area contributed by atoms with E-state index in [1.54, 1.807) is 6.07 Å². The number of hydrogen-bond donors (Lipinski definition) is 2. The number of hydrogen-bond acceptors (Lipinski definition) is 4. The van der Waals surface area contributed by atoms with Crippen molar-refractivity contribution in [3.63, 3.8) is 0 Å². The summed E-state index contributed by atoms with van der Waals surface area (Å²) in [5, 5.41) is 2.94. The van der Waals surface area contributed by atoms with Crippen molar-refractivity contribution >= 4 is 5.91 Å². The number of carbonyl (C=O) groups excluding carboxylic acids is 1. The highest BCUT2D eigenvalue weighted by Gasteiger charge is 2.16. The fourth-order valence-electron chi connectivity index (χ4n) is 2.45. The lowest BCUT2D eigenvalue weighted by Crippen LogP contribution is -2.32. The van der Waals surface area contributed by atoms with Gasteiger partial charge in [0.25, 0.3) is 5.91 Å². The molecule has 0 aliphatic carbocycles. The predicted molar refractivity (Wildman–Crippen MR) is 73.8 cm³/mol. The van der Waals surface area contributed by atoms with Crippen LogP contribution < -0.4 is 11.1 Å². The van der Waals surface area contributed by atoms with Crippen molar-refractivity contribution in [1.29, 1.82) is 0 Å². The Bertz CT molecular complexity index is 409. The van der Waals surface area contributed by atoms with E-state index >= 15 is 0 Å². The smallest absolute Gasteiger partial charge is 0.254 e. The van der Waals surface area contributed by atoms with Crippen LogP contribution in [0.1, 0.15) is 35.4 Å². The highest BCUT2D eigenvalue weighted by Crippen LogP contribution is 2.18. The van der Waals surface area contributed by atoms with Crippen LogP contribution in [0.4, 0.5) is 0 Å². The van der Waals surface area contributed by atoms with E-state index in [1.807, 2.05) is 0 Å². The predicted octanol–water partition coefficient (Wildman–Crippen LogP) is 1.20. The van der Waals surface area contributed by atoms with Gasteiger partial charge in [-0.25, -0.2) is 0 Å². The van der Waals surface area contributed by atoms with Gasteiger partial charge in [-0.15, -0.1) is 0 Å². The molecular weight excluding hydrogens is 242 g/mol. The van der Waals surface area contributed by atoms with Gasteiger partial charge in [0.15, 0.2) is 0 Å². The fraction of sp³-hybridized carbons (Fsp3) is 0.643. The normalized spacial score (nSPS) is 17.6. The molecule has 5 nitrogen and oxygen atoms in total. The summed E-state index contributed by atoms with van der Waals surface area (Å²) >= 11 is 0. The van der Waals surface area contributed by atoms with Gasteiger partial charge in [0.05, 0.1) is 12.1 Å². The van der Waals surface area contributed by atoms with Crippen LogP contribution in [0.3, 0.4) is 0 Å². The number of likely N-dealkylation sites (tertiary alicyclic amines) is 1. The molecule has 1 aromatic rings. The van der Waals surface area contributed by atoms with Gasteiger partial charge >= 0.3 is 0 Å². The lowest BCUT2D eigenvalue weighted by molar-refractivity contribution is 0.0948. The second-order valence-electron chi connectivity index (χ2n) is 5.30. The third-order valence-electron chi connectivity index (χ3n) is 3.79. The average Bonchev–Trinajstić information content (AvgIpc) is 2.90. The number of amides is 1. The van der Waals surface area contributed by atoms with Gasteiger partial charge in [-0.05, 0) is 51.4 Å². The third kappa shape index (κ3) is 4.08. The Morgan fingerprint density at radius 2 is 2.26 bits per heavy atom. The molecule has 2 heterocycles. The molecule has 0 atom stereocenters. The van der Waals surface area contributed by atoms with Crippen LogP contribution in [0.15, 0.2) is 16.7 Å². The summed E-state index contributed by atoms with van der Waals surface area (Å²) < 4.78 is 5.15. The number of rotatable bonds is 5. The fourth-order valence-corrected chi connectivity index (χ4v) is 2.45.